The highest BCUT2D eigenvalue weighted by Gasteiger charge is 2.35. The van der Waals surface area contributed by atoms with E-state index in [9.17, 15) is 13.8 Å². The van der Waals surface area contributed by atoms with Crippen molar-refractivity contribution in [3.63, 3.8) is 0 Å². The van der Waals surface area contributed by atoms with Gasteiger partial charge in [-0.2, -0.15) is 0 Å². The number of hydrogen-bond acceptors (Lipinski definition) is 9. The third-order valence-corrected chi connectivity index (χ3v) is 6.61. The number of carbonyl (C=O) groups is 1. The second-order valence-corrected chi connectivity index (χ2v) is 9.37. The maximum absolute atomic E-state index is 14.7. The number of carbonyl (C=O) groups excluding carboxylic acids is 1. The molecule has 0 saturated carbocycles. The molecular weight excluding hydrogens is 454 g/mol. The standard InChI is InChI=1S/C20H22FN6O5P/c1-12(13(2)28)26-33(29,32-14-6-4-3-5-7-14)11-30-16-8-15(21)20(31-16)27-10-25-17-18(22)23-9-24-19(17)27/h3-10,12,16,20H,11H2,1-2H3,(H,26,29)(H2,22,23,24)/t12-,16-,20+,33?/m0/s1. The quantitative estimate of drug-likeness (QED) is 0.442. The highest BCUT2D eigenvalue weighted by atomic mass is 31.2. The second kappa shape index (κ2) is 9.36. The van der Waals surface area contributed by atoms with E-state index in [0.29, 0.717) is 11.3 Å². The average Bonchev–Trinajstić information content (AvgIpc) is 3.37. The number of halogens is 1. The predicted octanol–water partition coefficient (Wildman–Crippen LogP) is 2.93. The van der Waals surface area contributed by atoms with E-state index in [0.717, 1.165) is 6.08 Å². The maximum Gasteiger partial charge on any atom is 0.342 e. The lowest BCUT2D eigenvalue weighted by atomic mass is 10.3. The fourth-order valence-electron chi connectivity index (χ4n) is 3.07. The molecule has 0 fully saturated rings. The molecule has 1 aromatic carbocycles. The van der Waals surface area contributed by atoms with Gasteiger partial charge in [-0.05, 0) is 26.0 Å². The molecule has 4 atom stereocenters. The van der Waals surface area contributed by atoms with E-state index in [-0.39, 0.29) is 17.2 Å². The number of nitrogen functional groups attached to an aromatic ring is 1. The van der Waals surface area contributed by atoms with Gasteiger partial charge >= 0.3 is 7.52 Å². The van der Waals surface area contributed by atoms with Gasteiger partial charge in [0.2, 0.25) is 0 Å². The zero-order valence-electron chi connectivity index (χ0n) is 17.8. The molecule has 0 radical (unpaired) electrons. The highest BCUT2D eigenvalue weighted by molar-refractivity contribution is 7.57. The summed E-state index contributed by atoms with van der Waals surface area (Å²) in [6.45, 7) is 2.92. The molecule has 0 spiro atoms. The van der Waals surface area contributed by atoms with E-state index in [4.69, 9.17) is 19.7 Å². The van der Waals surface area contributed by atoms with Crippen LogP contribution in [0.25, 0.3) is 11.2 Å². The maximum atomic E-state index is 14.7. The Hall–Kier alpha value is -3.18. The van der Waals surface area contributed by atoms with Gasteiger partial charge in [0.1, 0.15) is 23.4 Å². The van der Waals surface area contributed by atoms with Crippen molar-refractivity contribution in [2.45, 2.75) is 32.4 Å². The SMILES string of the molecule is CC(=O)[C@H](C)NP(=O)(CO[C@@H]1C=C(F)[C@H](n2cnc3c(N)ncnc32)O1)Oc1ccccc1. The molecule has 11 nitrogen and oxygen atoms in total. The van der Waals surface area contributed by atoms with Crippen molar-refractivity contribution in [3.8, 4) is 5.75 Å². The number of benzene rings is 1. The minimum atomic E-state index is -3.73. The van der Waals surface area contributed by atoms with E-state index < -0.39 is 38.3 Å². The van der Waals surface area contributed by atoms with Crippen molar-refractivity contribution in [1.29, 1.82) is 0 Å². The molecule has 2 aromatic heterocycles. The van der Waals surface area contributed by atoms with Gasteiger partial charge in [-0.1, -0.05) is 18.2 Å². The smallest absolute Gasteiger partial charge is 0.342 e. The van der Waals surface area contributed by atoms with Gasteiger partial charge in [-0.25, -0.2) is 24.4 Å². The Morgan fingerprint density at radius 3 is 2.82 bits per heavy atom. The lowest BCUT2D eigenvalue weighted by Crippen LogP contribution is -2.33. The number of fused-ring (bicyclic) bond motifs is 1. The average molecular weight is 476 g/mol. The summed E-state index contributed by atoms with van der Waals surface area (Å²) in [6.07, 6.45) is 0.805. The number of imidazole rings is 1. The Morgan fingerprint density at radius 1 is 1.33 bits per heavy atom. The molecule has 1 unspecified atom stereocenters. The minimum absolute atomic E-state index is 0.151. The highest BCUT2D eigenvalue weighted by Crippen LogP contribution is 2.45. The molecule has 33 heavy (non-hydrogen) atoms. The fourth-order valence-corrected chi connectivity index (χ4v) is 4.83. The first kappa shape index (κ1) is 23.0. The van der Waals surface area contributed by atoms with Gasteiger partial charge in [0, 0.05) is 6.08 Å². The molecule has 3 heterocycles. The number of anilines is 1. The Kier molecular flexibility index (Phi) is 6.52. The summed E-state index contributed by atoms with van der Waals surface area (Å²) < 4.78 is 46.3. The van der Waals surface area contributed by atoms with Crippen LogP contribution in [0.15, 0.2) is 54.9 Å². The number of ether oxygens (including phenoxy) is 2. The van der Waals surface area contributed by atoms with Crippen LogP contribution in [0.1, 0.15) is 20.1 Å². The van der Waals surface area contributed by atoms with Gasteiger partial charge in [0.15, 0.2) is 36.2 Å². The number of nitrogens with one attached hydrogen (secondary N) is 1. The first-order valence-electron chi connectivity index (χ1n) is 9.95. The fraction of sp³-hybridized carbons (Fsp3) is 0.300. The van der Waals surface area contributed by atoms with Crippen molar-refractivity contribution in [2.24, 2.45) is 0 Å². The second-order valence-electron chi connectivity index (χ2n) is 7.33. The molecule has 0 amide bonds. The van der Waals surface area contributed by atoms with Crippen LogP contribution in [0.2, 0.25) is 0 Å². The third kappa shape index (κ3) is 5.09. The summed E-state index contributed by atoms with van der Waals surface area (Å²) in [7, 11) is -3.73. The summed E-state index contributed by atoms with van der Waals surface area (Å²) >= 11 is 0. The van der Waals surface area contributed by atoms with Gasteiger partial charge in [0.05, 0.1) is 12.4 Å². The van der Waals surface area contributed by atoms with Crippen LogP contribution < -0.4 is 15.3 Å². The van der Waals surface area contributed by atoms with Crippen LogP contribution in [-0.2, 0) is 18.8 Å². The van der Waals surface area contributed by atoms with Crippen LogP contribution in [0, 0.1) is 0 Å². The van der Waals surface area contributed by atoms with E-state index >= 15 is 0 Å². The Labute approximate surface area is 188 Å². The predicted molar refractivity (Wildman–Crippen MR) is 117 cm³/mol. The summed E-state index contributed by atoms with van der Waals surface area (Å²) in [5.41, 5.74) is 6.36. The van der Waals surface area contributed by atoms with E-state index in [1.54, 1.807) is 37.3 Å². The number of rotatable bonds is 9. The summed E-state index contributed by atoms with van der Waals surface area (Å²) in [5, 5.41) is 2.69. The van der Waals surface area contributed by atoms with Crippen LogP contribution >= 0.6 is 7.52 Å². The van der Waals surface area contributed by atoms with Crippen molar-refractivity contribution >= 4 is 30.3 Å². The molecule has 3 N–H and O–H groups in total. The minimum Gasteiger partial charge on any atom is -0.431 e. The Morgan fingerprint density at radius 2 is 2.09 bits per heavy atom. The summed E-state index contributed by atoms with van der Waals surface area (Å²) in [5.74, 6) is -0.413. The number of aromatic nitrogens is 4. The van der Waals surface area contributed by atoms with E-state index in [1.807, 2.05) is 0 Å². The number of hydrogen-bond donors (Lipinski definition) is 2. The van der Waals surface area contributed by atoms with Crippen molar-refractivity contribution in [3.05, 3.63) is 54.9 Å². The van der Waals surface area contributed by atoms with Gasteiger partial charge < -0.3 is 19.7 Å². The van der Waals surface area contributed by atoms with Crippen LogP contribution in [0.5, 0.6) is 5.75 Å². The first-order valence-corrected chi connectivity index (χ1v) is 11.8. The summed E-state index contributed by atoms with van der Waals surface area (Å²) in [4.78, 5) is 23.7. The molecule has 0 aliphatic carbocycles. The Balaban J connectivity index is 1.48. The topological polar surface area (TPSA) is 143 Å². The number of ketones is 1. The number of nitrogens with two attached hydrogens (primary N) is 1. The summed E-state index contributed by atoms with van der Waals surface area (Å²) in [6, 6.07) is 7.68. The molecule has 0 bridgehead atoms. The number of Topliss-reactive ketones (excluding diaryl/α,β-unsaturated/α-hetero) is 1. The lowest BCUT2D eigenvalue weighted by Gasteiger charge is -2.24. The van der Waals surface area contributed by atoms with Gasteiger partial charge in [0.25, 0.3) is 0 Å². The molecule has 174 valence electrons. The normalized spacial score (nSPS) is 20.9. The molecule has 1 aliphatic rings. The molecule has 0 saturated heterocycles. The lowest BCUT2D eigenvalue weighted by molar-refractivity contribution is -0.129. The number of nitrogens with zero attached hydrogens (tertiary/aromatic N) is 4. The van der Waals surface area contributed by atoms with Crippen molar-refractivity contribution in [2.75, 3.05) is 12.1 Å². The molecular formula is C20H22FN6O5P. The van der Waals surface area contributed by atoms with Crippen LogP contribution in [0.3, 0.4) is 0 Å². The van der Waals surface area contributed by atoms with E-state index in [1.165, 1.54) is 24.1 Å². The monoisotopic (exact) mass is 476 g/mol. The van der Waals surface area contributed by atoms with Crippen molar-refractivity contribution in [1.82, 2.24) is 24.6 Å². The number of para-hydroxylation sites is 1. The van der Waals surface area contributed by atoms with Gasteiger partial charge in [-0.15, -0.1) is 0 Å². The zero-order chi connectivity index (χ0) is 23.6. The van der Waals surface area contributed by atoms with Gasteiger partial charge in [-0.3, -0.25) is 13.9 Å². The first-order chi connectivity index (χ1) is 15.8. The largest absolute Gasteiger partial charge is 0.431 e. The molecule has 13 heteroatoms. The molecule has 1 aliphatic heterocycles. The Bertz CT molecular complexity index is 1240. The molecule has 3 aromatic rings. The van der Waals surface area contributed by atoms with E-state index in [2.05, 4.69) is 20.0 Å². The molecule has 4 rings (SSSR count). The zero-order valence-corrected chi connectivity index (χ0v) is 18.7. The third-order valence-electron chi connectivity index (χ3n) is 4.84. The van der Waals surface area contributed by atoms with Crippen LogP contribution in [-0.4, -0.2) is 44.0 Å². The van der Waals surface area contributed by atoms with Crippen LogP contribution in [0.4, 0.5) is 10.2 Å². The van der Waals surface area contributed by atoms with Crippen molar-refractivity contribution < 1.29 is 27.7 Å².